The van der Waals surface area contributed by atoms with Crippen molar-refractivity contribution in [2.75, 3.05) is 7.11 Å². The van der Waals surface area contributed by atoms with Crippen LogP contribution in [0.15, 0.2) is 24.3 Å². The standard InChI is InChI=1S/C14H21NO3/c1-4-10(2)13(17)14(15,18-3)12-7-5-6-11(8-12)9-16/h5-10,13,17H,4,15H2,1-3H3/t10?,13-,14-/m1/s1. The first kappa shape index (κ1) is 14.8. The van der Waals surface area contributed by atoms with Crippen molar-refractivity contribution in [3.05, 3.63) is 35.4 Å². The molecule has 0 aromatic heterocycles. The summed E-state index contributed by atoms with van der Waals surface area (Å²) in [6.45, 7) is 3.89. The number of methoxy groups -OCH3 is 1. The molecule has 0 amide bonds. The number of hydrogen-bond acceptors (Lipinski definition) is 4. The van der Waals surface area contributed by atoms with Crippen LogP contribution in [-0.4, -0.2) is 24.6 Å². The zero-order valence-corrected chi connectivity index (χ0v) is 11.1. The quantitative estimate of drug-likeness (QED) is 0.596. The molecule has 1 unspecified atom stereocenters. The van der Waals surface area contributed by atoms with Gasteiger partial charge in [0, 0.05) is 18.2 Å². The van der Waals surface area contributed by atoms with Crippen molar-refractivity contribution in [3.8, 4) is 0 Å². The topological polar surface area (TPSA) is 72.6 Å². The minimum atomic E-state index is -1.30. The Morgan fingerprint density at radius 3 is 2.72 bits per heavy atom. The van der Waals surface area contributed by atoms with Crippen LogP contribution in [-0.2, 0) is 10.5 Å². The Morgan fingerprint density at radius 1 is 1.56 bits per heavy atom. The van der Waals surface area contributed by atoms with Gasteiger partial charge < -0.3 is 9.84 Å². The lowest BCUT2D eigenvalue weighted by Gasteiger charge is -2.36. The lowest BCUT2D eigenvalue weighted by atomic mass is 9.87. The molecular weight excluding hydrogens is 230 g/mol. The molecule has 0 spiro atoms. The predicted octanol–water partition coefficient (Wildman–Crippen LogP) is 1.66. The van der Waals surface area contributed by atoms with Gasteiger partial charge in [-0.3, -0.25) is 10.5 Å². The van der Waals surface area contributed by atoms with E-state index in [2.05, 4.69) is 0 Å². The van der Waals surface area contributed by atoms with Crippen molar-refractivity contribution in [1.82, 2.24) is 0 Å². The van der Waals surface area contributed by atoms with Crippen LogP contribution >= 0.6 is 0 Å². The molecule has 0 heterocycles. The molecule has 18 heavy (non-hydrogen) atoms. The number of carbonyl (C=O) groups excluding carboxylic acids is 1. The highest BCUT2D eigenvalue weighted by Crippen LogP contribution is 2.29. The summed E-state index contributed by atoms with van der Waals surface area (Å²) >= 11 is 0. The van der Waals surface area contributed by atoms with Crippen molar-refractivity contribution in [1.29, 1.82) is 0 Å². The summed E-state index contributed by atoms with van der Waals surface area (Å²) in [5, 5.41) is 10.3. The predicted molar refractivity (Wildman–Crippen MR) is 70.2 cm³/mol. The van der Waals surface area contributed by atoms with E-state index in [-0.39, 0.29) is 5.92 Å². The lowest BCUT2D eigenvalue weighted by molar-refractivity contribution is -0.125. The number of nitrogens with two attached hydrogens (primary N) is 1. The Morgan fingerprint density at radius 2 is 2.22 bits per heavy atom. The van der Waals surface area contributed by atoms with Gasteiger partial charge in [-0.05, 0) is 12.0 Å². The van der Waals surface area contributed by atoms with Crippen molar-refractivity contribution in [2.24, 2.45) is 11.7 Å². The Hall–Kier alpha value is -1.23. The van der Waals surface area contributed by atoms with E-state index in [1.165, 1.54) is 7.11 Å². The fraction of sp³-hybridized carbons (Fsp3) is 0.500. The van der Waals surface area contributed by atoms with E-state index in [9.17, 15) is 9.90 Å². The number of aldehydes is 1. The highest BCUT2D eigenvalue weighted by atomic mass is 16.5. The molecule has 0 aliphatic rings. The normalized spacial score (nSPS) is 17.8. The van der Waals surface area contributed by atoms with E-state index < -0.39 is 11.8 Å². The average molecular weight is 251 g/mol. The molecule has 4 heteroatoms. The number of rotatable bonds is 6. The highest BCUT2D eigenvalue weighted by molar-refractivity contribution is 5.75. The first-order valence-electron chi connectivity index (χ1n) is 6.07. The van der Waals surface area contributed by atoms with Gasteiger partial charge in [-0.2, -0.15) is 0 Å². The van der Waals surface area contributed by atoms with E-state index in [1.54, 1.807) is 24.3 Å². The van der Waals surface area contributed by atoms with E-state index in [1.807, 2.05) is 13.8 Å². The maximum Gasteiger partial charge on any atom is 0.168 e. The second-order valence-corrected chi connectivity index (χ2v) is 4.57. The second kappa shape index (κ2) is 6.09. The van der Waals surface area contributed by atoms with E-state index in [4.69, 9.17) is 10.5 Å². The molecule has 0 saturated carbocycles. The van der Waals surface area contributed by atoms with Crippen LogP contribution in [0.2, 0.25) is 0 Å². The van der Waals surface area contributed by atoms with Crippen LogP contribution in [0.25, 0.3) is 0 Å². The summed E-state index contributed by atoms with van der Waals surface area (Å²) in [5.41, 5.74) is 5.99. The molecule has 0 aliphatic carbocycles. The van der Waals surface area contributed by atoms with Gasteiger partial charge in [0.25, 0.3) is 0 Å². The molecular formula is C14H21NO3. The van der Waals surface area contributed by atoms with Crippen molar-refractivity contribution >= 4 is 6.29 Å². The van der Waals surface area contributed by atoms with Crippen LogP contribution < -0.4 is 5.73 Å². The third kappa shape index (κ3) is 2.77. The molecule has 1 aromatic rings. The van der Waals surface area contributed by atoms with Crippen molar-refractivity contribution in [2.45, 2.75) is 32.1 Å². The zero-order valence-electron chi connectivity index (χ0n) is 11.1. The van der Waals surface area contributed by atoms with Crippen molar-refractivity contribution < 1.29 is 14.6 Å². The third-order valence-corrected chi connectivity index (χ3v) is 3.43. The summed E-state index contributed by atoms with van der Waals surface area (Å²) in [7, 11) is 1.46. The summed E-state index contributed by atoms with van der Waals surface area (Å²) in [4.78, 5) is 10.8. The van der Waals surface area contributed by atoms with Gasteiger partial charge in [-0.1, -0.05) is 38.5 Å². The van der Waals surface area contributed by atoms with Crippen LogP contribution in [0, 0.1) is 5.92 Å². The molecule has 1 aromatic carbocycles. The van der Waals surface area contributed by atoms with Gasteiger partial charge in [-0.25, -0.2) is 0 Å². The number of ether oxygens (including phenoxy) is 1. The fourth-order valence-corrected chi connectivity index (χ4v) is 1.91. The largest absolute Gasteiger partial charge is 0.388 e. The van der Waals surface area contributed by atoms with Crippen molar-refractivity contribution in [3.63, 3.8) is 0 Å². The van der Waals surface area contributed by atoms with Gasteiger partial charge in [0.15, 0.2) is 5.72 Å². The SMILES string of the molecule is CCC(C)[C@@H](O)[C@](N)(OC)c1cccc(C=O)c1. The molecule has 0 fully saturated rings. The van der Waals surface area contributed by atoms with Crippen LogP contribution in [0.4, 0.5) is 0 Å². The Labute approximate surface area is 108 Å². The van der Waals surface area contributed by atoms with Gasteiger partial charge in [0.05, 0.1) is 0 Å². The summed E-state index contributed by atoms with van der Waals surface area (Å²) in [5.74, 6) is -0.00478. The van der Waals surface area contributed by atoms with Gasteiger partial charge >= 0.3 is 0 Å². The Bertz CT molecular complexity index is 408. The monoisotopic (exact) mass is 251 g/mol. The van der Waals surface area contributed by atoms with Gasteiger partial charge in [-0.15, -0.1) is 0 Å². The summed E-state index contributed by atoms with van der Waals surface area (Å²) < 4.78 is 5.32. The van der Waals surface area contributed by atoms with E-state index >= 15 is 0 Å². The number of carbonyl (C=O) groups is 1. The van der Waals surface area contributed by atoms with Crippen LogP contribution in [0.3, 0.4) is 0 Å². The molecule has 3 atom stereocenters. The average Bonchev–Trinajstić information content (AvgIpc) is 2.44. The minimum absolute atomic E-state index is 0.00478. The summed E-state index contributed by atoms with van der Waals surface area (Å²) in [6.07, 6.45) is 0.695. The van der Waals surface area contributed by atoms with Crippen LogP contribution in [0.1, 0.15) is 36.2 Å². The number of aliphatic hydroxyl groups excluding tert-OH is 1. The molecule has 0 bridgehead atoms. The van der Waals surface area contributed by atoms with Crippen LogP contribution in [0.5, 0.6) is 0 Å². The summed E-state index contributed by atoms with van der Waals surface area (Å²) in [6, 6.07) is 6.80. The van der Waals surface area contributed by atoms with E-state index in [0.29, 0.717) is 11.1 Å². The Balaban J connectivity index is 3.16. The molecule has 0 saturated heterocycles. The zero-order chi connectivity index (χ0) is 13.8. The van der Waals surface area contributed by atoms with E-state index in [0.717, 1.165) is 12.7 Å². The first-order valence-corrected chi connectivity index (χ1v) is 6.07. The molecule has 100 valence electrons. The Kier molecular flexibility index (Phi) is 5.02. The molecule has 0 radical (unpaired) electrons. The minimum Gasteiger partial charge on any atom is -0.388 e. The maximum absolute atomic E-state index is 10.8. The fourth-order valence-electron chi connectivity index (χ4n) is 1.91. The number of aliphatic hydroxyl groups is 1. The molecule has 4 nitrogen and oxygen atoms in total. The first-order chi connectivity index (χ1) is 8.49. The van der Waals surface area contributed by atoms with Gasteiger partial charge in [0.2, 0.25) is 0 Å². The second-order valence-electron chi connectivity index (χ2n) is 4.57. The third-order valence-electron chi connectivity index (χ3n) is 3.43. The molecule has 1 rings (SSSR count). The van der Waals surface area contributed by atoms with Gasteiger partial charge in [0.1, 0.15) is 12.4 Å². The maximum atomic E-state index is 10.8. The highest BCUT2D eigenvalue weighted by Gasteiger charge is 2.38. The smallest absolute Gasteiger partial charge is 0.168 e. The number of hydrogen-bond donors (Lipinski definition) is 2. The molecule has 3 N–H and O–H groups in total. The molecule has 0 aliphatic heterocycles. The number of benzene rings is 1. The lowest BCUT2D eigenvalue weighted by Crippen LogP contribution is -2.52.